The lowest BCUT2D eigenvalue weighted by molar-refractivity contribution is 0.450. The molecule has 3 nitrogen and oxygen atoms in total. The second-order valence-corrected chi connectivity index (χ2v) is 2.54. The molecule has 2 rings (SSSR count). The highest BCUT2D eigenvalue weighted by Gasteiger charge is 1.85. The highest BCUT2D eigenvalue weighted by atomic mass is 16.3. The monoisotopic (exact) mass is 189 g/mol. The molecule has 1 aromatic carbocycles. The first-order chi connectivity index (χ1) is 6.79. The number of aromatic hydroxyl groups is 2. The van der Waals surface area contributed by atoms with Crippen LogP contribution in [-0.4, -0.2) is 15.2 Å². The lowest BCUT2D eigenvalue weighted by Crippen LogP contribution is -1.61. The topological polar surface area (TPSA) is 53.4 Å². The molecule has 0 fully saturated rings. The number of aromatic nitrogens is 1. The zero-order valence-electron chi connectivity index (χ0n) is 7.54. The first-order valence-corrected chi connectivity index (χ1v) is 4.12. The number of phenols is 2. The molecule has 0 spiro atoms. The minimum atomic E-state index is 0.0880. The molecule has 0 saturated carbocycles. The van der Waals surface area contributed by atoms with Crippen LogP contribution in [0.3, 0.4) is 0 Å². The van der Waals surface area contributed by atoms with Crippen molar-refractivity contribution < 1.29 is 10.2 Å². The van der Waals surface area contributed by atoms with Crippen molar-refractivity contribution in [3.8, 4) is 11.5 Å². The van der Waals surface area contributed by atoms with Crippen molar-refractivity contribution in [1.82, 2.24) is 4.98 Å². The van der Waals surface area contributed by atoms with Gasteiger partial charge in [0.15, 0.2) is 0 Å². The summed E-state index contributed by atoms with van der Waals surface area (Å²) in [5, 5.41) is 17.3. The molecule has 0 saturated heterocycles. The fraction of sp³-hybridized carbons (Fsp3) is 0. The van der Waals surface area contributed by atoms with E-state index in [-0.39, 0.29) is 11.5 Å². The van der Waals surface area contributed by atoms with Crippen LogP contribution in [0.25, 0.3) is 0 Å². The van der Waals surface area contributed by atoms with Gasteiger partial charge in [-0.1, -0.05) is 12.1 Å². The van der Waals surface area contributed by atoms with Crippen molar-refractivity contribution in [3.63, 3.8) is 0 Å². The highest BCUT2D eigenvalue weighted by molar-refractivity contribution is 5.30. The smallest absolute Gasteiger partial charge is 0.119 e. The van der Waals surface area contributed by atoms with E-state index in [9.17, 15) is 0 Å². The van der Waals surface area contributed by atoms with E-state index in [1.807, 2.05) is 18.2 Å². The van der Waals surface area contributed by atoms with Crippen LogP contribution in [0.1, 0.15) is 0 Å². The van der Waals surface area contributed by atoms with Crippen LogP contribution in [0, 0.1) is 0 Å². The Hall–Kier alpha value is -2.03. The Kier molecular flexibility index (Phi) is 4.01. The Balaban J connectivity index is 0.000000146. The van der Waals surface area contributed by atoms with Crippen molar-refractivity contribution in [2.24, 2.45) is 0 Å². The van der Waals surface area contributed by atoms with E-state index >= 15 is 0 Å². The van der Waals surface area contributed by atoms with Crippen LogP contribution in [-0.2, 0) is 0 Å². The van der Waals surface area contributed by atoms with Crippen LogP contribution in [0.2, 0.25) is 0 Å². The minimum absolute atomic E-state index is 0.0880. The summed E-state index contributed by atoms with van der Waals surface area (Å²) in [6, 6.07) is 11.6. The molecule has 0 bridgehead atoms. The maximum Gasteiger partial charge on any atom is 0.119 e. The van der Waals surface area contributed by atoms with E-state index in [0.29, 0.717) is 0 Å². The van der Waals surface area contributed by atoms with Gasteiger partial charge >= 0.3 is 0 Å². The molecule has 0 aliphatic heterocycles. The molecule has 0 amide bonds. The van der Waals surface area contributed by atoms with E-state index in [0.717, 1.165) is 0 Å². The van der Waals surface area contributed by atoms with Gasteiger partial charge in [0, 0.05) is 18.5 Å². The summed E-state index contributed by atoms with van der Waals surface area (Å²) in [7, 11) is 0. The number of rotatable bonds is 0. The van der Waals surface area contributed by atoms with E-state index in [4.69, 9.17) is 10.2 Å². The Labute approximate surface area is 82.3 Å². The number of pyridine rings is 1. The zero-order valence-corrected chi connectivity index (χ0v) is 7.54. The second kappa shape index (κ2) is 5.59. The maximum atomic E-state index is 8.65. The van der Waals surface area contributed by atoms with Crippen molar-refractivity contribution in [3.05, 3.63) is 54.9 Å². The van der Waals surface area contributed by atoms with E-state index in [1.165, 1.54) is 18.2 Å². The van der Waals surface area contributed by atoms with Gasteiger partial charge in [-0.2, -0.15) is 0 Å². The Morgan fingerprint density at radius 2 is 1.36 bits per heavy atom. The normalized spacial score (nSPS) is 8.57. The molecule has 0 radical (unpaired) electrons. The fourth-order valence-electron chi connectivity index (χ4n) is 0.806. The van der Waals surface area contributed by atoms with Gasteiger partial charge < -0.3 is 10.2 Å². The number of benzene rings is 1. The van der Waals surface area contributed by atoms with Gasteiger partial charge in [0.2, 0.25) is 0 Å². The number of nitrogens with zero attached hydrogens (tertiary/aromatic N) is 1. The fourth-order valence-corrected chi connectivity index (χ4v) is 0.806. The molecular weight excluding hydrogens is 178 g/mol. The molecule has 2 aromatic rings. The molecule has 1 heterocycles. The average Bonchev–Trinajstić information content (AvgIpc) is 2.21. The summed E-state index contributed by atoms with van der Waals surface area (Å²) in [5.41, 5.74) is 0. The van der Waals surface area contributed by atoms with Crippen LogP contribution in [0.4, 0.5) is 0 Å². The second-order valence-electron chi connectivity index (χ2n) is 2.54. The van der Waals surface area contributed by atoms with Crippen LogP contribution < -0.4 is 0 Å². The maximum absolute atomic E-state index is 8.65. The van der Waals surface area contributed by atoms with Gasteiger partial charge in [-0.15, -0.1) is 0 Å². The summed E-state index contributed by atoms with van der Waals surface area (Å²) in [4.78, 5) is 3.78. The highest BCUT2D eigenvalue weighted by Crippen LogP contribution is 2.14. The molecule has 0 unspecified atom stereocenters. The lowest BCUT2D eigenvalue weighted by atomic mass is 10.3. The quantitative estimate of drug-likeness (QED) is 0.667. The van der Waals surface area contributed by atoms with Crippen molar-refractivity contribution in [2.45, 2.75) is 0 Å². The lowest BCUT2D eigenvalue weighted by Gasteiger charge is -1.89. The third-order valence-corrected chi connectivity index (χ3v) is 1.40. The SMILES string of the molecule is Oc1cccc(O)c1.c1ccncc1. The number of hydrogen-bond acceptors (Lipinski definition) is 3. The van der Waals surface area contributed by atoms with Crippen molar-refractivity contribution in [1.29, 1.82) is 0 Å². The minimum Gasteiger partial charge on any atom is -0.508 e. The van der Waals surface area contributed by atoms with Gasteiger partial charge in [-0.25, -0.2) is 0 Å². The Bertz CT molecular complexity index is 319. The summed E-state index contributed by atoms with van der Waals surface area (Å²) in [6.07, 6.45) is 3.50. The summed E-state index contributed by atoms with van der Waals surface area (Å²) in [6.45, 7) is 0. The van der Waals surface area contributed by atoms with Crippen LogP contribution in [0.15, 0.2) is 54.9 Å². The van der Waals surface area contributed by atoms with Gasteiger partial charge in [0.25, 0.3) is 0 Å². The largest absolute Gasteiger partial charge is 0.508 e. The first-order valence-electron chi connectivity index (χ1n) is 4.12. The Morgan fingerprint density at radius 1 is 0.786 bits per heavy atom. The van der Waals surface area contributed by atoms with Crippen LogP contribution in [0.5, 0.6) is 11.5 Å². The van der Waals surface area contributed by atoms with Crippen LogP contribution >= 0.6 is 0 Å². The molecule has 0 aliphatic rings. The van der Waals surface area contributed by atoms with Gasteiger partial charge in [-0.05, 0) is 24.3 Å². The molecule has 72 valence electrons. The average molecular weight is 189 g/mol. The molecule has 2 N–H and O–H groups in total. The molecule has 0 aliphatic carbocycles. The number of phenolic OH excluding ortho intramolecular Hbond substituents is 2. The standard InChI is InChI=1S/C6H6O2.C5H5N/c7-5-2-1-3-6(8)4-5;1-2-4-6-5-3-1/h1-4,7-8H;1-5H. The molecule has 1 aromatic heterocycles. The van der Waals surface area contributed by atoms with Crippen molar-refractivity contribution in [2.75, 3.05) is 0 Å². The molecule has 3 heteroatoms. The number of hydrogen-bond donors (Lipinski definition) is 2. The molecular formula is C11H11NO2. The Morgan fingerprint density at radius 3 is 1.57 bits per heavy atom. The van der Waals surface area contributed by atoms with E-state index < -0.39 is 0 Å². The van der Waals surface area contributed by atoms with E-state index in [1.54, 1.807) is 18.5 Å². The van der Waals surface area contributed by atoms with Gasteiger partial charge in [-0.3, -0.25) is 4.98 Å². The first kappa shape index (κ1) is 10.1. The summed E-state index contributed by atoms with van der Waals surface area (Å²) >= 11 is 0. The predicted molar refractivity (Wildman–Crippen MR) is 54.0 cm³/mol. The summed E-state index contributed by atoms with van der Waals surface area (Å²) < 4.78 is 0. The summed E-state index contributed by atoms with van der Waals surface area (Å²) in [5.74, 6) is 0.176. The third kappa shape index (κ3) is 4.11. The van der Waals surface area contributed by atoms with E-state index in [2.05, 4.69) is 4.98 Å². The molecule has 14 heavy (non-hydrogen) atoms. The zero-order chi connectivity index (χ0) is 10.2. The third-order valence-electron chi connectivity index (χ3n) is 1.40. The van der Waals surface area contributed by atoms with Crippen molar-refractivity contribution >= 4 is 0 Å². The van der Waals surface area contributed by atoms with Gasteiger partial charge in [0.1, 0.15) is 11.5 Å². The predicted octanol–water partition coefficient (Wildman–Crippen LogP) is 2.18. The molecule has 0 atom stereocenters. The van der Waals surface area contributed by atoms with Gasteiger partial charge in [0.05, 0.1) is 0 Å².